The molecule has 9 nitrogen and oxygen atoms in total. The number of piperidine rings is 1. The van der Waals surface area contributed by atoms with Crippen LogP contribution in [0.15, 0.2) is 42.7 Å². The first-order valence-electron chi connectivity index (χ1n) is 15.1. The van der Waals surface area contributed by atoms with E-state index in [0.29, 0.717) is 45.9 Å². The van der Waals surface area contributed by atoms with Gasteiger partial charge in [-0.3, -0.25) is 9.69 Å². The number of pyridine rings is 1. The molecular formula is C32H40Cl2N6O3. The van der Waals surface area contributed by atoms with Crippen molar-refractivity contribution in [1.82, 2.24) is 24.8 Å². The molecule has 2 saturated heterocycles. The van der Waals surface area contributed by atoms with Gasteiger partial charge in [0.05, 0.1) is 18.1 Å². The van der Waals surface area contributed by atoms with E-state index in [-0.39, 0.29) is 12.3 Å². The number of anilines is 1. The number of likely N-dealkylation sites (tertiary alicyclic amines) is 2. The fraction of sp³-hybridized carbons (Fsp3) is 0.500. The van der Waals surface area contributed by atoms with Crippen LogP contribution in [0.3, 0.4) is 0 Å². The number of carboxylic acids is 1. The Balaban J connectivity index is 1.34. The van der Waals surface area contributed by atoms with Gasteiger partial charge in [-0.05, 0) is 94.5 Å². The van der Waals surface area contributed by atoms with Crippen molar-refractivity contribution < 1.29 is 14.6 Å². The first kappa shape index (κ1) is 31.4. The second kappa shape index (κ2) is 14.7. The van der Waals surface area contributed by atoms with Gasteiger partial charge >= 0.3 is 5.97 Å². The molecule has 43 heavy (non-hydrogen) atoms. The maximum Gasteiger partial charge on any atom is 0.303 e. The van der Waals surface area contributed by atoms with Gasteiger partial charge in [0.25, 0.3) is 0 Å². The van der Waals surface area contributed by atoms with Crippen molar-refractivity contribution in [2.24, 2.45) is 5.92 Å². The highest BCUT2D eigenvalue weighted by atomic mass is 35.5. The number of hydrogen-bond acceptors (Lipinski definition) is 8. The van der Waals surface area contributed by atoms with Crippen molar-refractivity contribution in [2.45, 2.75) is 58.0 Å². The van der Waals surface area contributed by atoms with E-state index in [1.54, 1.807) is 18.5 Å². The molecule has 2 aromatic heterocycles. The third-order valence-electron chi connectivity index (χ3n) is 8.31. The number of carboxylic acid groups (broad SMARTS) is 1. The van der Waals surface area contributed by atoms with E-state index in [4.69, 9.17) is 38.0 Å². The average Bonchev–Trinajstić information content (AvgIpc) is 3.37. The van der Waals surface area contributed by atoms with Crippen LogP contribution < -0.4 is 9.64 Å². The molecule has 1 N–H and O–H groups in total. The Morgan fingerprint density at radius 1 is 1.05 bits per heavy atom. The van der Waals surface area contributed by atoms with Crippen LogP contribution in [0.5, 0.6) is 11.6 Å². The van der Waals surface area contributed by atoms with Gasteiger partial charge in [0.1, 0.15) is 0 Å². The van der Waals surface area contributed by atoms with Crippen LogP contribution in [0.4, 0.5) is 5.95 Å². The molecule has 2 fully saturated rings. The molecule has 0 radical (unpaired) electrons. The zero-order chi connectivity index (χ0) is 30.3. The Kier molecular flexibility index (Phi) is 10.7. The van der Waals surface area contributed by atoms with Crippen LogP contribution >= 0.6 is 23.2 Å². The number of hydrogen-bond donors (Lipinski definition) is 1. The summed E-state index contributed by atoms with van der Waals surface area (Å²) >= 11 is 12.6. The normalized spacial score (nSPS) is 18.2. The number of benzene rings is 1. The number of halogens is 2. The summed E-state index contributed by atoms with van der Waals surface area (Å²) in [5.41, 5.74) is 2.52. The van der Waals surface area contributed by atoms with Gasteiger partial charge in [-0.1, -0.05) is 30.1 Å². The summed E-state index contributed by atoms with van der Waals surface area (Å²) in [4.78, 5) is 32.3. The SMILES string of the molecule is CCCN(CC1CCCN1C)c1ncc(Oc2cc(CN3CCC(CC(=O)O)CC3)cc(-c3cc(Cl)cc(Cl)c3)n2)cn1. The van der Waals surface area contributed by atoms with Gasteiger partial charge in [0, 0.05) is 53.8 Å². The Hall–Kier alpha value is -2.98. The summed E-state index contributed by atoms with van der Waals surface area (Å²) in [6, 6.07) is 9.85. The predicted molar refractivity (Wildman–Crippen MR) is 170 cm³/mol. The molecule has 230 valence electrons. The number of aliphatic carboxylic acids is 1. The molecule has 0 spiro atoms. The number of carbonyl (C=O) groups is 1. The summed E-state index contributed by atoms with van der Waals surface area (Å²) in [6.45, 7) is 7.49. The summed E-state index contributed by atoms with van der Waals surface area (Å²) in [7, 11) is 2.19. The minimum Gasteiger partial charge on any atom is -0.481 e. The van der Waals surface area contributed by atoms with E-state index in [1.165, 1.54) is 12.8 Å². The lowest BCUT2D eigenvalue weighted by molar-refractivity contribution is -0.138. The highest BCUT2D eigenvalue weighted by molar-refractivity contribution is 6.35. The Morgan fingerprint density at radius 3 is 2.40 bits per heavy atom. The molecule has 0 amide bonds. The molecule has 5 rings (SSSR count). The summed E-state index contributed by atoms with van der Waals surface area (Å²) in [5, 5.41) is 10.2. The topological polar surface area (TPSA) is 94.9 Å². The molecule has 2 aliphatic heterocycles. The van der Waals surface area contributed by atoms with Crippen molar-refractivity contribution in [2.75, 3.05) is 44.7 Å². The average molecular weight is 628 g/mol. The number of likely N-dealkylation sites (N-methyl/N-ethyl adjacent to an activating group) is 1. The lowest BCUT2D eigenvalue weighted by Crippen LogP contribution is -2.39. The predicted octanol–water partition coefficient (Wildman–Crippen LogP) is 6.64. The number of ether oxygens (including phenoxy) is 1. The quantitative estimate of drug-likeness (QED) is 0.237. The maximum absolute atomic E-state index is 11.1. The lowest BCUT2D eigenvalue weighted by Gasteiger charge is -2.31. The third kappa shape index (κ3) is 8.79. The van der Waals surface area contributed by atoms with E-state index in [9.17, 15) is 4.79 Å². The van der Waals surface area contributed by atoms with Gasteiger partial charge in [-0.15, -0.1) is 0 Å². The molecule has 1 atom stereocenters. The summed E-state index contributed by atoms with van der Waals surface area (Å²) in [6.07, 6.45) is 8.83. The largest absolute Gasteiger partial charge is 0.481 e. The van der Waals surface area contributed by atoms with Crippen molar-refractivity contribution in [3.8, 4) is 22.9 Å². The Bertz CT molecular complexity index is 1360. The highest BCUT2D eigenvalue weighted by Crippen LogP contribution is 2.31. The zero-order valence-corrected chi connectivity index (χ0v) is 26.4. The van der Waals surface area contributed by atoms with Crippen LogP contribution in [-0.2, 0) is 11.3 Å². The first-order valence-corrected chi connectivity index (χ1v) is 15.9. The fourth-order valence-corrected chi connectivity index (χ4v) is 6.59. The minimum atomic E-state index is -0.726. The molecule has 3 aromatic rings. The van der Waals surface area contributed by atoms with Crippen molar-refractivity contribution in [3.63, 3.8) is 0 Å². The standard InChI is InChI=1S/C32H40Cl2N6O3/c1-3-8-40(21-27-5-4-9-38(27)2)32-35-18-28(19-36-32)43-30-13-23(20-39-10-6-22(7-11-39)14-31(41)42)12-29(37-30)24-15-25(33)17-26(34)16-24/h12-13,15-19,22,27H,3-11,14,20-21H2,1-2H3,(H,41,42). The van der Waals surface area contributed by atoms with Gasteiger partial charge in [0.15, 0.2) is 5.75 Å². The second-order valence-corrected chi connectivity index (χ2v) is 12.6. The van der Waals surface area contributed by atoms with E-state index < -0.39 is 5.97 Å². The Morgan fingerprint density at radius 2 is 1.77 bits per heavy atom. The molecular weight excluding hydrogens is 587 g/mol. The molecule has 0 saturated carbocycles. The van der Waals surface area contributed by atoms with E-state index >= 15 is 0 Å². The lowest BCUT2D eigenvalue weighted by atomic mass is 9.93. The highest BCUT2D eigenvalue weighted by Gasteiger charge is 2.25. The molecule has 0 bridgehead atoms. The zero-order valence-electron chi connectivity index (χ0n) is 24.9. The third-order valence-corrected chi connectivity index (χ3v) is 8.75. The maximum atomic E-state index is 11.1. The molecule has 11 heteroatoms. The molecule has 1 aromatic carbocycles. The van der Waals surface area contributed by atoms with Crippen LogP contribution in [0.1, 0.15) is 51.0 Å². The van der Waals surface area contributed by atoms with E-state index in [2.05, 4.69) is 38.6 Å². The van der Waals surface area contributed by atoms with Crippen LogP contribution in [0.2, 0.25) is 10.0 Å². The smallest absolute Gasteiger partial charge is 0.303 e. The van der Waals surface area contributed by atoms with E-state index in [1.807, 2.05) is 24.3 Å². The molecule has 4 heterocycles. The van der Waals surface area contributed by atoms with Crippen LogP contribution in [-0.4, -0.2) is 81.6 Å². The van der Waals surface area contributed by atoms with Crippen molar-refractivity contribution in [3.05, 3.63) is 58.3 Å². The second-order valence-electron chi connectivity index (χ2n) is 11.7. The summed E-state index contributed by atoms with van der Waals surface area (Å²) in [5.74, 6) is 1.14. The first-order chi connectivity index (χ1) is 20.7. The number of rotatable bonds is 12. The van der Waals surface area contributed by atoms with Crippen LogP contribution in [0.25, 0.3) is 11.3 Å². The monoisotopic (exact) mass is 626 g/mol. The van der Waals surface area contributed by atoms with E-state index in [0.717, 1.165) is 63.1 Å². The summed E-state index contributed by atoms with van der Waals surface area (Å²) < 4.78 is 6.22. The van der Waals surface area contributed by atoms with Crippen molar-refractivity contribution >= 4 is 35.1 Å². The van der Waals surface area contributed by atoms with Crippen LogP contribution in [0, 0.1) is 5.92 Å². The van der Waals surface area contributed by atoms with Crippen molar-refractivity contribution in [1.29, 1.82) is 0 Å². The van der Waals surface area contributed by atoms with Gasteiger partial charge < -0.3 is 19.6 Å². The fourth-order valence-electron chi connectivity index (χ4n) is 6.06. The molecule has 1 unspecified atom stereocenters. The van der Waals surface area contributed by atoms with Gasteiger partial charge in [-0.25, -0.2) is 15.0 Å². The molecule has 2 aliphatic rings. The molecule has 0 aliphatic carbocycles. The van der Waals surface area contributed by atoms with Gasteiger partial charge in [0.2, 0.25) is 11.8 Å². The minimum absolute atomic E-state index is 0.226. The number of nitrogens with zero attached hydrogens (tertiary/aromatic N) is 6. The van der Waals surface area contributed by atoms with Gasteiger partial charge in [-0.2, -0.15) is 0 Å². The Labute approximate surface area is 263 Å². The number of aromatic nitrogens is 3.